The molecule has 3 rings (SSSR count). The van der Waals surface area contributed by atoms with Crippen LogP contribution in [0.2, 0.25) is 0 Å². The number of nitrogens with two attached hydrogens (primary N) is 4. The average Bonchev–Trinajstić information content (AvgIpc) is 1.70. The summed E-state index contributed by atoms with van der Waals surface area (Å²) in [5.74, 6) is -0.979. The molecule has 2 fully saturated rings. The van der Waals surface area contributed by atoms with Crippen LogP contribution in [0, 0.1) is 6.92 Å². The zero-order valence-electron chi connectivity index (χ0n) is 60.2. The van der Waals surface area contributed by atoms with Crippen molar-refractivity contribution in [2.24, 2.45) is 22.9 Å². The molecule has 5 atom stereocenters. The number of hydrogen-bond acceptors (Lipinski definition) is 31. The molecule has 2 aliphatic heterocycles. The van der Waals surface area contributed by atoms with Crippen LogP contribution in [-0.4, -0.2) is 320 Å². The Morgan fingerprint density at radius 1 is 0.466 bits per heavy atom. The Balaban J connectivity index is 1.10. The van der Waals surface area contributed by atoms with Crippen molar-refractivity contribution in [1.29, 1.82) is 0 Å². The number of ether oxygens (including phenoxy) is 10. The maximum Gasteiger partial charge on any atom is 0.242 e. The van der Waals surface area contributed by atoms with Crippen molar-refractivity contribution in [3.63, 3.8) is 0 Å². The predicted molar refractivity (Wildman–Crippen MR) is 393 cm³/mol. The lowest BCUT2D eigenvalue weighted by Crippen LogP contribution is -2.40. The molecule has 2 aliphatic rings. The standard InChI is InChI=1S/C66H117N13O20S4/c1-51-48-77(76-75-51)21-23-91-25-27-93-29-31-95-33-35-97-37-39-99-41-40-98-38-36-96-34-32-94-30-28-92-26-24-90-22-18-74-62(85)14-43-103-102-42-13-61(84)73-15-7-4-2-3-5-11-55(80)54(71-17-9-19-78-63(86)44-58(65(78)88)100-49-52(69)56(81)46-67)10-6-8-16-72-60(83)12-20-79-64(87)45-59(66(79)89)101-50-53(70)57(82)47-68/h48,52-54,58-59,71H,2-47,49-50,67-70H2,1H3,(H,72,83)(H,73,84)(H,74,85)/t52-,53-,54?,58?,59?/m0/s1. The molecule has 37 heteroatoms. The number of rotatable bonds is 72. The molecule has 3 unspecified atom stereocenters. The monoisotopic (exact) mass is 1540 g/mol. The Morgan fingerprint density at radius 2 is 0.864 bits per heavy atom. The number of Topliss-reactive ketones (excluding diaryl/α,β-unsaturated/α-hetero) is 3. The van der Waals surface area contributed by atoms with Crippen molar-refractivity contribution in [1.82, 2.24) is 46.1 Å². The number of nitrogens with zero attached hydrogens (tertiary/aromatic N) is 5. The summed E-state index contributed by atoms with van der Waals surface area (Å²) in [5.41, 5.74) is 23.3. The van der Waals surface area contributed by atoms with Crippen LogP contribution in [0.1, 0.15) is 102 Å². The number of carbonyl (C=O) groups is 10. The molecule has 1 aromatic heterocycles. The van der Waals surface area contributed by atoms with Crippen LogP contribution in [0.3, 0.4) is 0 Å². The molecular formula is C66H117N13O20S4. The summed E-state index contributed by atoms with van der Waals surface area (Å²) >= 11 is 2.30. The third-order valence-corrected chi connectivity index (χ3v) is 20.6. The van der Waals surface area contributed by atoms with Crippen LogP contribution >= 0.6 is 45.1 Å². The van der Waals surface area contributed by atoms with Gasteiger partial charge in [-0.05, 0) is 52.0 Å². The summed E-state index contributed by atoms with van der Waals surface area (Å²) in [5, 5.41) is 18.6. The van der Waals surface area contributed by atoms with Gasteiger partial charge in [0.15, 0.2) is 11.6 Å². The maximum absolute atomic E-state index is 13.6. The Morgan fingerprint density at radius 3 is 1.31 bits per heavy atom. The van der Waals surface area contributed by atoms with Gasteiger partial charge >= 0.3 is 0 Å². The van der Waals surface area contributed by atoms with Crippen molar-refractivity contribution in [2.45, 2.75) is 138 Å². The van der Waals surface area contributed by atoms with Gasteiger partial charge in [-0.2, -0.15) is 0 Å². The van der Waals surface area contributed by atoms with Crippen molar-refractivity contribution in [2.75, 3.05) is 208 Å². The van der Waals surface area contributed by atoms with Crippen molar-refractivity contribution in [3.05, 3.63) is 11.9 Å². The molecule has 3 heterocycles. The van der Waals surface area contributed by atoms with Crippen molar-refractivity contribution < 1.29 is 95.3 Å². The Bertz CT molecular complexity index is 2540. The van der Waals surface area contributed by atoms with Crippen LogP contribution in [0.15, 0.2) is 6.20 Å². The highest BCUT2D eigenvalue weighted by Gasteiger charge is 2.40. The third kappa shape index (κ3) is 46.5. The van der Waals surface area contributed by atoms with Gasteiger partial charge in [0.05, 0.1) is 186 Å². The first-order chi connectivity index (χ1) is 50.0. The Hall–Kier alpha value is -4.36. The van der Waals surface area contributed by atoms with Gasteiger partial charge in [0, 0.05) is 100 Å². The van der Waals surface area contributed by atoms with Gasteiger partial charge in [-0.25, -0.2) is 4.68 Å². The van der Waals surface area contributed by atoms with Crippen LogP contribution in [-0.2, 0) is 102 Å². The Labute approximate surface area is 622 Å². The summed E-state index contributed by atoms with van der Waals surface area (Å²) in [7, 11) is 3.10. The molecule has 2 saturated heterocycles. The molecule has 0 aromatic carbocycles. The molecule has 12 N–H and O–H groups in total. The lowest BCUT2D eigenvalue weighted by atomic mass is 9.99. The largest absolute Gasteiger partial charge is 0.377 e. The second-order valence-corrected chi connectivity index (χ2v) is 29.1. The number of ketones is 3. The molecule has 590 valence electrons. The van der Waals surface area contributed by atoms with Crippen LogP contribution in [0.4, 0.5) is 0 Å². The average molecular weight is 1540 g/mol. The fourth-order valence-electron chi connectivity index (χ4n) is 9.78. The molecule has 0 aliphatic carbocycles. The molecule has 103 heavy (non-hydrogen) atoms. The lowest BCUT2D eigenvalue weighted by molar-refractivity contribution is -0.140. The van der Waals surface area contributed by atoms with Gasteiger partial charge < -0.3 is 91.6 Å². The summed E-state index contributed by atoms with van der Waals surface area (Å²) in [6, 6.07) is -2.16. The van der Waals surface area contributed by atoms with E-state index in [0.717, 1.165) is 48.0 Å². The number of amides is 7. The van der Waals surface area contributed by atoms with E-state index in [4.69, 9.17) is 70.3 Å². The highest BCUT2D eigenvalue weighted by Crippen LogP contribution is 2.27. The van der Waals surface area contributed by atoms with E-state index in [1.807, 2.05) is 13.1 Å². The first-order valence-electron chi connectivity index (χ1n) is 35.9. The predicted octanol–water partition coefficient (Wildman–Crippen LogP) is -0.487. The van der Waals surface area contributed by atoms with Gasteiger partial charge in [0.2, 0.25) is 41.4 Å². The zero-order valence-corrected chi connectivity index (χ0v) is 63.5. The number of imide groups is 2. The van der Waals surface area contributed by atoms with E-state index in [-0.39, 0.29) is 104 Å². The number of aromatic nitrogens is 3. The number of carbonyl (C=O) groups excluding carboxylic acids is 10. The first-order valence-corrected chi connectivity index (χ1v) is 40.5. The minimum Gasteiger partial charge on any atom is -0.377 e. The molecular weight excluding hydrogens is 1420 g/mol. The van der Waals surface area contributed by atoms with E-state index >= 15 is 0 Å². The first kappa shape index (κ1) is 92.8. The number of hydrogen-bond donors (Lipinski definition) is 8. The van der Waals surface area contributed by atoms with Crippen molar-refractivity contribution in [3.8, 4) is 0 Å². The van der Waals surface area contributed by atoms with E-state index in [9.17, 15) is 47.9 Å². The highest BCUT2D eigenvalue weighted by molar-refractivity contribution is 8.76. The number of unbranched alkanes of at least 4 members (excludes halogenated alkanes) is 5. The van der Waals surface area contributed by atoms with Gasteiger partial charge in [-0.15, -0.1) is 28.6 Å². The minimum atomic E-state index is -0.839. The Kier molecular flexibility index (Phi) is 55.6. The van der Waals surface area contributed by atoms with Crippen LogP contribution in [0.5, 0.6) is 0 Å². The molecule has 0 radical (unpaired) electrons. The quantitative estimate of drug-likeness (QED) is 0.0232. The summed E-state index contributed by atoms with van der Waals surface area (Å²) < 4.78 is 56.9. The van der Waals surface area contributed by atoms with Gasteiger partial charge in [-0.3, -0.25) is 57.7 Å². The van der Waals surface area contributed by atoms with E-state index in [2.05, 4.69) is 31.6 Å². The van der Waals surface area contributed by atoms with E-state index < -0.39 is 40.4 Å². The number of nitrogens with one attached hydrogen (secondary N) is 4. The minimum absolute atomic E-state index is 0.0130. The number of thioether (sulfide) groups is 2. The summed E-state index contributed by atoms with van der Waals surface area (Å²) in [6.07, 6.45) is 8.94. The van der Waals surface area contributed by atoms with Gasteiger partial charge in [0.1, 0.15) is 5.78 Å². The second-order valence-electron chi connectivity index (χ2n) is 23.9. The topological polar surface area (TPSA) is 452 Å². The molecule has 7 amide bonds. The fourth-order valence-corrected chi connectivity index (χ4v) is 14.1. The van der Waals surface area contributed by atoms with Crippen molar-refractivity contribution >= 4 is 104 Å². The highest BCUT2D eigenvalue weighted by atomic mass is 33.1. The molecule has 1 aromatic rings. The summed E-state index contributed by atoms with van der Waals surface area (Å²) in [4.78, 5) is 128. The number of likely N-dealkylation sites (tertiary alicyclic amines) is 2. The van der Waals surface area contributed by atoms with E-state index in [0.29, 0.717) is 228 Å². The zero-order chi connectivity index (χ0) is 74.8. The SMILES string of the molecule is Cc1cn(CCOCCOCCOCCOCCOCCOCCOCCOCCOCCOCCNC(=O)CCSSCCC(=O)NCCCCCCCC(=O)C(CCCCNC(=O)CCN2C(=O)CC(SC[C@H](N)C(=O)CN)C2=O)NCCCN2C(=O)CC(SC[C@H](N)C(=O)CN)C2=O)nn1. The third-order valence-electron chi connectivity index (χ3n) is 15.6. The smallest absolute Gasteiger partial charge is 0.242 e. The van der Waals surface area contributed by atoms with Crippen LogP contribution in [0.25, 0.3) is 0 Å². The molecule has 0 bridgehead atoms. The summed E-state index contributed by atoms with van der Waals surface area (Å²) in [6.45, 7) is 13.1. The second kappa shape index (κ2) is 61.6. The van der Waals surface area contributed by atoms with Gasteiger partial charge in [-0.1, -0.05) is 46.1 Å². The number of aryl methyl sites for hydroxylation is 1. The molecule has 33 nitrogen and oxygen atoms in total. The van der Waals surface area contributed by atoms with E-state index in [1.165, 1.54) is 16.7 Å². The molecule has 0 spiro atoms. The maximum atomic E-state index is 13.6. The lowest BCUT2D eigenvalue weighted by Gasteiger charge is -2.20. The fraction of sp³-hybridized carbons (Fsp3) is 0.818. The molecule has 0 saturated carbocycles. The normalized spacial score (nSPS) is 15.5. The van der Waals surface area contributed by atoms with E-state index in [1.54, 1.807) is 26.3 Å². The van der Waals surface area contributed by atoms with Gasteiger partial charge in [0.25, 0.3) is 0 Å². The van der Waals surface area contributed by atoms with Crippen LogP contribution < -0.4 is 44.2 Å².